The molecule has 144 valence electrons. The highest BCUT2D eigenvalue weighted by atomic mass is 16.6. The maximum Gasteiger partial charge on any atom is 0.275 e. The van der Waals surface area contributed by atoms with Gasteiger partial charge in [-0.1, -0.05) is 0 Å². The summed E-state index contributed by atoms with van der Waals surface area (Å²) in [6.07, 6.45) is 2.21. The quantitative estimate of drug-likeness (QED) is 0.381. The minimum atomic E-state index is -0.447. The van der Waals surface area contributed by atoms with Gasteiger partial charge in [-0.15, -0.1) is 0 Å². The number of nitro benzene ring substituents is 1. The monoisotopic (exact) mass is 382 g/mol. The van der Waals surface area contributed by atoms with Crippen molar-refractivity contribution in [2.45, 2.75) is 12.5 Å². The Morgan fingerprint density at radius 1 is 1.32 bits per heavy atom. The van der Waals surface area contributed by atoms with Crippen LogP contribution in [0, 0.1) is 10.1 Å². The molecule has 1 N–H and O–H groups in total. The van der Waals surface area contributed by atoms with Crippen molar-refractivity contribution in [3.63, 3.8) is 0 Å². The number of hydrogen-bond donors (Lipinski definition) is 1. The Bertz CT molecular complexity index is 994. The fourth-order valence-corrected chi connectivity index (χ4v) is 3.53. The van der Waals surface area contributed by atoms with Gasteiger partial charge in [0.15, 0.2) is 11.5 Å². The number of aromatic amines is 1. The maximum atomic E-state index is 13.0. The molecule has 9 heteroatoms. The molecule has 1 amide bonds. The largest absolute Gasteiger partial charge is 0.463 e. The van der Waals surface area contributed by atoms with E-state index in [0.717, 1.165) is 5.56 Å². The van der Waals surface area contributed by atoms with Gasteiger partial charge in [-0.3, -0.25) is 20.0 Å². The SMILES string of the molecule is COCCCN1C(=O)c2n[nH]c(-c3ccco3)c2C1c1ccc([N+](=O)[O-])cc1. The molecule has 3 heterocycles. The average molecular weight is 382 g/mol. The molecule has 4 rings (SSSR count). The van der Waals surface area contributed by atoms with Crippen molar-refractivity contribution in [1.82, 2.24) is 15.1 Å². The molecule has 1 unspecified atom stereocenters. The molecule has 0 radical (unpaired) electrons. The molecule has 0 aliphatic carbocycles. The highest BCUT2D eigenvalue weighted by molar-refractivity contribution is 5.99. The van der Waals surface area contributed by atoms with E-state index in [1.165, 1.54) is 12.1 Å². The number of ether oxygens (including phenoxy) is 1. The molecule has 0 fully saturated rings. The summed E-state index contributed by atoms with van der Waals surface area (Å²) in [6.45, 7) is 0.994. The number of carbonyl (C=O) groups is 1. The van der Waals surface area contributed by atoms with Gasteiger partial charge in [-0.25, -0.2) is 0 Å². The lowest BCUT2D eigenvalue weighted by molar-refractivity contribution is -0.384. The first kappa shape index (κ1) is 17.9. The lowest BCUT2D eigenvalue weighted by Crippen LogP contribution is -2.31. The number of amides is 1. The molecule has 1 aliphatic rings. The van der Waals surface area contributed by atoms with Crippen LogP contribution in [0.5, 0.6) is 0 Å². The summed E-state index contributed by atoms with van der Waals surface area (Å²) in [5.74, 6) is 0.385. The van der Waals surface area contributed by atoms with Crippen LogP contribution in [0.25, 0.3) is 11.5 Å². The van der Waals surface area contributed by atoms with E-state index in [1.807, 2.05) is 0 Å². The van der Waals surface area contributed by atoms with Crippen molar-refractivity contribution in [2.24, 2.45) is 0 Å². The number of benzene rings is 1. The Balaban J connectivity index is 1.79. The van der Waals surface area contributed by atoms with Crippen molar-refractivity contribution in [2.75, 3.05) is 20.3 Å². The summed E-state index contributed by atoms with van der Waals surface area (Å²) in [5, 5.41) is 18.1. The van der Waals surface area contributed by atoms with Gasteiger partial charge >= 0.3 is 0 Å². The zero-order valence-electron chi connectivity index (χ0n) is 15.1. The number of nitrogens with zero attached hydrogens (tertiary/aromatic N) is 3. The molecule has 0 bridgehead atoms. The number of nitrogens with one attached hydrogen (secondary N) is 1. The third-order valence-corrected chi connectivity index (χ3v) is 4.79. The number of methoxy groups -OCH3 is 1. The van der Waals surface area contributed by atoms with E-state index in [1.54, 1.807) is 42.5 Å². The smallest absolute Gasteiger partial charge is 0.275 e. The minimum Gasteiger partial charge on any atom is -0.463 e. The lowest BCUT2D eigenvalue weighted by Gasteiger charge is -2.26. The van der Waals surface area contributed by atoms with E-state index in [0.29, 0.717) is 42.3 Å². The van der Waals surface area contributed by atoms with Crippen molar-refractivity contribution in [3.8, 4) is 11.5 Å². The van der Waals surface area contributed by atoms with E-state index in [4.69, 9.17) is 9.15 Å². The molecule has 28 heavy (non-hydrogen) atoms. The van der Waals surface area contributed by atoms with Crippen LogP contribution in [-0.4, -0.2) is 46.2 Å². The summed E-state index contributed by atoms with van der Waals surface area (Å²) in [5.41, 5.74) is 2.45. The standard InChI is InChI=1S/C19H18N4O5/c1-27-10-3-9-22-18(12-5-7-13(8-6-12)23(25)26)15-16(14-4-2-11-28-14)20-21-17(15)19(22)24/h2,4-8,11,18H,3,9-10H2,1H3,(H,20,21). The second kappa shape index (κ2) is 7.28. The fourth-order valence-electron chi connectivity index (χ4n) is 3.53. The van der Waals surface area contributed by atoms with Crippen LogP contribution in [0.1, 0.15) is 34.1 Å². The normalized spacial score (nSPS) is 15.8. The van der Waals surface area contributed by atoms with E-state index < -0.39 is 11.0 Å². The van der Waals surface area contributed by atoms with E-state index in [2.05, 4.69) is 10.2 Å². The number of carbonyl (C=O) groups excluding carboxylic acids is 1. The Morgan fingerprint density at radius 2 is 2.11 bits per heavy atom. The molecule has 1 atom stereocenters. The first-order valence-electron chi connectivity index (χ1n) is 8.78. The summed E-state index contributed by atoms with van der Waals surface area (Å²) >= 11 is 0. The summed E-state index contributed by atoms with van der Waals surface area (Å²) in [7, 11) is 1.61. The van der Waals surface area contributed by atoms with Gasteiger partial charge in [-0.05, 0) is 36.2 Å². The van der Waals surface area contributed by atoms with Crippen LogP contribution < -0.4 is 0 Å². The summed E-state index contributed by atoms with van der Waals surface area (Å²) in [4.78, 5) is 25.3. The van der Waals surface area contributed by atoms with E-state index >= 15 is 0 Å². The molecular formula is C19H18N4O5. The van der Waals surface area contributed by atoms with Crippen molar-refractivity contribution in [3.05, 3.63) is 69.6 Å². The predicted octanol–water partition coefficient (Wildman–Crippen LogP) is 3.16. The van der Waals surface area contributed by atoms with Crippen molar-refractivity contribution in [1.29, 1.82) is 0 Å². The molecule has 1 aromatic carbocycles. The predicted molar refractivity (Wildman–Crippen MR) is 98.8 cm³/mol. The average Bonchev–Trinajstić information content (AvgIpc) is 3.41. The molecule has 1 aliphatic heterocycles. The molecule has 0 spiro atoms. The van der Waals surface area contributed by atoms with Gasteiger partial charge in [0.1, 0.15) is 5.69 Å². The second-order valence-corrected chi connectivity index (χ2v) is 6.43. The molecule has 0 saturated carbocycles. The van der Waals surface area contributed by atoms with Crippen LogP contribution in [0.3, 0.4) is 0 Å². The van der Waals surface area contributed by atoms with Crippen molar-refractivity contribution < 1.29 is 18.9 Å². The first-order chi connectivity index (χ1) is 13.6. The number of furan rings is 1. The van der Waals surface area contributed by atoms with Crippen LogP contribution in [-0.2, 0) is 4.74 Å². The van der Waals surface area contributed by atoms with Gasteiger partial charge in [0, 0.05) is 38.0 Å². The number of fused-ring (bicyclic) bond motifs is 1. The number of aromatic nitrogens is 2. The maximum absolute atomic E-state index is 13.0. The topological polar surface area (TPSA) is 114 Å². The van der Waals surface area contributed by atoms with Gasteiger partial charge in [0.25, 0.3) is 11.6 Å². The summed E-state index contributed by atoms with van der Waals surface area (Å²) in [6, 6.07) is 9.37. The van der Waals surface area contributed by atoms with Crippen LogP contribution >= 0.6 is 0 Å². The van der Waals surface area contributed by atoms with Gasteiger partial charge in [0.05, 0.1) is 17.2 Å². The summed E-state index contributed by atoms with van der Waals surface area (Å²) < 4.78 is 10.6. The highest BCUT2D eigenvalue weighted by Crippen LogP contribution is 2.43. The van der Waals surface area contributed by atoms with Gasteiger partial charge in [0.2, 0.25) is 0 Å². The Kier molecular flexibility index (Phi) is 4.66. The van der Waals surface area contributed by atoms with Crippen LogP contribution in [0.2, 0.25) is 0 Å². The highest BCUT2D eigenvalue weighted by Gasteiger charge is 2.42. The number of nitro groups is 1. The minimum absolute atomic E-state index is 0.00215. The van der Waals surface area contributed by atoms with E-state index in [9.17, 15) is 14.9 Å². The Labute approximate surface area is 160 Å². The fraction of sp³-hybridized carbons (Fsp3) is 0.263. The lowest BCUT2D eigenvalue weighted by atomic mass is 9.97. The zero-order chi connectivity index (χ0) is 19.7. The number of H-pyrrole nitrogens is 1. The Morgan fingerprint density at radius 3 is 2.75 bits per heavy atom. The third-order valence-electron chi connectivity index (χ3n) is 4.79. The van der Waals surface area contributed by atoms with Gasteiger partial charge < -0.3 is 14.1 Å². The molecule has 2 aromatic heterocycles. The first-order valence-corrected chi connectivity index (χ1v) is 8.78. The molecule has 0 saturated heterocycles. The Hall–Kier alpha value is -3.46. The molecule has 9 nitrogen and oxygen atoms in total. The van der Waals surface area contributed by atoms with Gasteiger partial charge in [-0.2, -0.15) is 5.10 Å². The molecular weight excluding hydrogens is 364 g/mol. The van der Waals surface area contributed by atoms with E-state index in [-0.39, 0.29) is 11.6 Å². The number of non-ortho nitro benzene ring substituents is 1. The second-order valence-electron chi connectivity index (χ2n) is 6.43. The molecule has 3 aromatic rings. The third kappa shape index (κ3) is 2.95. The van der Waals surface area contributed by atoms with Crippen LogP contribution in [0.15, 0.2) is 47.1 Å². The zero-order valence-corrected chi connectivity index (χ0v) is 15.1. The number of rotatable bonds is 7. The number of hydrogen-bond acceptors (Lipinski definition) is 6. The van der Waals surface area contributed by atoms with Crippen molar-refractivity contribution >= 4 is 11.6 Å². The van der Waals surface area contributed by atoms with Crippen LogP contribution in [0.4, 0.5) is 5.69 Å².